The van der Waals surface area contributed by atoms with Crippen LogP contribution >= 0.6 is 0 Å². The van der Waals surface area contributed by atoms with Crippen LogP contribution < -0.4 is 5.32 Å². The van der Waals surface area contributed by atoms with Gasteiger partial charge in [0.1, 0.15) is 10.6 Å². The summed E-state index contributed by atoms with van der Waals surface area (Å²) in [4.78, 5) is 12.5. The minimum atomic E-state index is -3.62. The Balaban J connectivity index is 2.27. The molecular formula is C17H20N4O3S. The lowest BCUT2D eigenvalue weighted by atomic mass is 10.2. The topological polar surface area (TPSA) is 95.2 Å². The molecular weight excluding hydrogens is 340 g/mol. The Morgan fingerprint density at radius 1 is 1.24 bits per heavy atom. The van der Waals surface area contributed by atoms with Crippen molar-refractivity contribution in [1.29, 1.82) is 5.26 Å². The molecule has 0 bridgehead atoms. The number of benzene rings is 1. The van der Waals surface area contributed by atoms with Gasteiger partial charge in [0.15, 0.2) is 0 Å². The number of amides is 1. The number of nitriles is 1. The number of aromatic nitrogens is 1. The first kappa shape index (κ1) is 18.7. The molecule has 1 aromatic heterocycles. The van der Waals surface area contributed by atoms with Crippen LogP contribution in [-0.2, 0) is 17.1 Å². The average Bonchev–Trinajstić information content (AvgIpc) is 2.99. The molecule has 0 spiro atoms. The zero-order valence-electron chi connectivity index (χ0n) is 14.4. The summed E-state index contributed by atoms with van der Waals surface area (Å²) in [7, 11) is -2.00. The van der Waals surface area contributed by atoms with Crippen LogP contribution in [0.25, 0.3) is 0 Å². The Morgan fingerprint density at radius 2 is 1.84 bits per heavy atom. The largest absolute Gasteiger partial charge is 0.345 e. The monoisotopic (exact) mass is 360 g/mol. The van der Waals surface area contributed by atoms with Gasteiger partial charge in [-0.05, 0) is 30.3 Å². The molecule has 0 atom stereocenters. The third-order valence-corrected chi connectivity index (χ3v) is 5.84. The Kier molecular flexibility index (Phi) is 5.62. The number of nitrogens with zero attached hydrogens (tertiary/aromatic N) is 3. The number of rotatable bonds is 6. The Bertz CT molecular complexity index is 904. The third-order valence-electron chi connectivity index (χ3n) is 3.83. The number of hydrogen-bond acceptors (Lipinski definition) is 4. The number of carbonyl (C=O) groups is 1. The second kappa shape index (κ2) is 7.51. The quantitative estimate of drug-likeness (QED) is 0.854. The first-order valence-electron chi connectivity index (χ1n) is 7.81. The number of anilines is 1. The van der Waals surface area contributed by atoms with Crippen LogP contribution in [0, 0.1) is 11.3 Å². The van der Waals surface area contributed by atoms with Gasteiger partial charge in [-0.1, -0.05) is 13.8 Å². The van der Waals surface area contributed by atoms with Crippen LogP contribution in [-0.4, -0.2) is 36.3 Å². The molecule has 0 fully saturated rings. The van der Waals surface area contributed by atoms with Crippen molar-refractivity contribution in [2.45, 2.75) is 18.7 Å². The van der Waals surface area contributed by atoms with Crippen molar-refractivity contribution >= 4 is 21.6 Å². The second-order valence-electron chi connectivity index (χ2n) is 5.40. The fourth-order valence-electron chi connectivity index (χ4n) is 2.44. The number of sulfonamides is 1. The van der Waals surface area contributed by atoms with Crippen LogP contribution in [0.1, 0.15) is 29.9 Å². The van der Waals surface area contributed by atoms with E-state index in [1.54, 1.807) is 45.2 Å². The lowest BCUT2D eigenvalue weighted by molar-refractivity contribution is 0.101. The van der Waals surface area contributed by atoms with E-state index in [0.717, 1.165) is 0 Å². The summed E-state index contributed by atoms with van der Waals surface area (Å²) in [6.45, 7) is 4.26. The summed E-state index contributed by atoms with van der Waals surface area (Å²) < 4.78 is 27.9. The van der Waals surface area contributed by atoms with Crippen molar-refractivity contribution < 1.29 is 13.2 Å². The SMILES string of the molecule is CCN(CC)S(=O)(=O)c1cc(C(=O)Nc2ccc(C#N)cc2)n(C)c1. The molecule has 0 saturated heterocycles. The molecule has 7 nitrogen and oxygen atoms in total. The maximum atomic E-state index is 12.6. The minimum absolute atomic E-state index is 0.0867. The smallest absolute Gasteiger partial charge is 0.272 e. The molecule has 1 aromatic carbocycles. The summed E-state index contributed by atoms with van der Waals surface area (Å²) in [6, 6.07) is 9.79. The van der Waals surface area contributed by atoms with Crippen molar-refractivity contribution in [2.24, 2.45) is 7.05 Å². The molecule has 25 heavy (non-hydrogen) atoms. The van der Waals surface area contributed by atoms with Crippen molar-refractivity contribution in [2.75, 3.05) is 18.4 Å². The van der Waals surface area contributed by atoms with E-state index in [0.29, 0.717) is 24.3 Å². The van der Waals surface area contributed by atoms with E-state index in [-0.39, 0.29) is 10.6 Å². The Labute approximate surface area is 147 Å². The first-order valence-corrected chi connectivity index (χ1v) is 9.25. The fourth-order valence-corrected chi connectivity index (χ4v) is 3.97. The Hall–Kier alpha value is -2.63. The van der Waals surface area contributed by atoms with Gasteiger partial charge in [0.25, 0.3) is 5.91 Å². The average molecular weight is 360 g/mol. The van der Waals surface area contributed by atoms with Crippen LogP contribution in [0.4, 0.5) is 5.69 Å². The minimum Gasteiger partial charge on any atom is -0.345 e. The molecule has 2 rings (SSSR count). The van der Waals surface area contributed by atoms with Gasteiger partial charge in [0.2, 0.25) is 10.0 Å². The summed E-state index contributed by atoms with van der Waals surface area (Å²) in [5, 5.41) is 11.5. The van der Waals surface area contributed by atoms with Gasteiger partial charge in [-0.15, -0.1) is 0 Å². The lowest BCUT2D eigenvalue weighted by Gasteiger charge is -2.17. The molecule has 0 aliphatic rings. The predicted octanol–water partition coefficient (Wildman–Crippen LogP) is 2.18. The summed E-state index contributed by atoms with van der Waals surface area (Å²) in [5.41, 5.74) is 1.25. The molecule has 1 N–H and O–H groups in total. The van der Waals surface area contributed by atoms with Gasteiger partial charge >= 0.3 is 0 Å². The van der Waals surface area contributed by atoms with Gasteiger partial charge in [-0.3, -0.25) is 4.79 Å². The van der Waals surface area contributed by atoms with Gasteiger partial charge in [0.05, 0.1) is 11.6 Å². The second-order valence-corrected chi connectivity index (χ2v) is 7.34. The third kappa shape index (κ3) is 3.90. The molecule has 132 valence electrons. The van der Waals surface area contributed by atoms with E-state index in [2.05, 4.69) is 5.32 Å². The van der Waals surface area contributed by atoms with Crippen LogP contribution in [0.15, 0.2) is 41.4 Å². The highest BCUT2D eigenvalue weighted by Crippen LogP contribution is 2.19. The molecule has 0 aliphatic carbocycles. The highest BCUT2D eigenvalue weighted by Gasteiger charge is 2.25. The molecule has 1 amide bonds. The van der Waals surface area contributed by atoms with Crippen LogP contribution in [0.2, 0.25) is 0 Å². The van der Waals surface area contributed by atoms with E-state index in [4.69, 9.17) is 5.26 Å². The van der Waals surface area contributed by atoms with Crippen molar-refractivity contribution in [1.82, 2.24) is 8.87 Å². The van der Waals surface area contributed by atoms with Crippen molar-refractivity contribution in [3.8, 4) is 6.07 Å². The fraction of sp³-hybridized carbons (Fsp3) is 0.294. The number of nitrogens with one attached hydrogen (secondary N) is 1. The van der Waals surface area contributed by atoms with E-state index in [9.17, 15) is 13.2 Å². The summed E-state index contributed by atoms with van der Waals surface area (Å²) in [6.07, 6.45) is 1.43. The number of carbonyl (C=O) groups excluding carboxylic acids is 1. The van der Waals surface area contributed by atoms with E-state index < -0.39 is 15.9 Å². The zero-order valence-corrected chi connectivity index (χ0v) is 15.2. The maximum absolute atomic E-state index is 12.6. The molecule has 8 heteroatoms. The van der Waals surface area contributed by atoms with Crippen LogP contribution in [0.5, 0.6) is 0 Å². The first-order chi connectivity index (χ1) is 11.8. The molecule has 0 radical (unpaired) electrons. The maximum Gasteiger partial charge on any atom is 0.272 e. The molecule has 1 heterocycles. The van der Waals surface area contributed by atoms with Crippen molar-refractivity contribution in [3.63, 3.8) is 0 Å². The Morgan fingerprint density at radius 3 is 2.36 bits per heavy atom. The molecule has 0 saturated carbocycles. The van der Waals surface area contributed by atoms with E-state index in [1.807, 2.05) is 6.07 Å². The molecule has 2 aromatic rings. The van der Waals surface area contributed by atoms with E-state index >= 15 is 0 Å². The molecule has 0 unspecified atom stereocenters. The number of aryl methyl sites for hydroxylation is 1. The van der Waals surface area contributed by atoms with Gasteiger partial charge in [-0.2, -0.15) is 9.57 Å². The number of hydrogen-bond donors (Lipinski definition) is 1. The highest BCUT2D eigenvalue weighted by atomic mass is 32.2. The standard InChI is InChI=1S/C17H20N4O3S/c1-4-21(5-2)25(23,24)15-10-16(20(3)12-15)17(22)19-14-8-6-13(11-18)7-9-14/h6-10,12H,4-5H2,1-3H3,(H,19,22). The van der Waals surface area contributed by atoms with Gasteiger partial charge in [0, 0.05) is 32.0 Å². The zero-order chi connectivity index (χ0) is 18.6. The van der Waals surface area contributed by atoms with Crippen LogP contribution in [0.3, 0.4) is 0 Å². The van der Waals surface area contributed by atoms with Gasteiger partial charge in [-0.25, -0.2) is 8.42 Å². The lowest BCUT2D eigenvalue weighted by Crippen LogP contribution is -2.30. The summed E-state index contributed by atoms with van der Waals surface area (Å²) in [5.74, 6) is -0.423. The molecule has 0 aliphatic heterocycles. The van der Waals surface area contributed by atoms with E-state index in [1.165, 1.54) is 21.1 Å². The van der Waals surface area contributed by atoms with Gasteiger partial charge < -0.3 is 9.88 Å². The predicted molar refractivity (Wildman–Crippen MR) is 94.6 cm³/mol. The van der Waals surface area contributed by atoms with Crippen molar-refractivity contribution in [3.05, 3.63) is 47.8 Å². The highest BCUT2D eigenvalue weighted by molar-refractivity contribution is 7.89. The summed E-state index contributed by atoms with van der Waals surface area (Å²) >= 11 is 0. The normalized spacial score (nSPS) is 11.3.